The van der Waals surface area contributed by atoms with Gasteiger partial charge in [0.15, 0.2) is 6.10 Å². The van der Waals surface area contributed by atoms with Gasteiger partial charge in [-0.25, -0.2) is 0 Å². The van der Waals surface area contributed by atoms with Crippen molar-refractivity contribution in [3.05, 3.63) is 34.7 Å². The molecule has 0 aliphatic heterocycles. The zero-order valence-corrected chi connectivity index (χ0v) is 34.9. The van der Waals surface area contributed by atoms with Gasteiger partial charge in [0.25, 0.3) is 0 Å². The van der Waals surface area contributed by atoms with Crippen LogP contribution in [-0.4, -0.2) is 43.8 Å². The van der Waals surface area contributed by atoms with Gasteiger partial charge in [0.1, 0.15) is 13.2 Å². The Hall–Kier alpha value is -2.80. The van der Waals surface area contributed by atoms with Crippen LogP contribution in [0.25, 0.3) is 10.4 Å². The van der Waals surface area contributed by atoms with Gasteiger partial charge in [-0.05, 0) is 82.6 Å². The number of esters is 3. The molecule has 0 spiro atoms. The molecule has 9 heteroatoms. The number of unbranched alkanes of at least 4 members (excludes halogenated alkanes) is 24. The molecule has 0 aliphatic rings. The molecular formula is C45H81N3O6. The largest absolute Gasteiger partial charge is 0.462 e. The van der Waals surface area contributed by atoms with Crippen molar-refractivity contribution in [3.63, 3.8) is 0 Å². The zero-order valence-electron chi connectivity index (χ0n) is 34.9. The lowest BCUT2D eigenvalue weighted by Gasteiger charge is -2.18. The van der Waals surface area contributed by atoms with Crippen molar-refractivity contribution < 1.29 is 28.6 Å². The van der Waals surface area contributed by atoms with Gasteiger partial charge in [0, 0.05) is 30.7 Å². The summed E-state index contributed by atoms with van der Waals surface area (Å²) in [5, 5.41) is 3.50. The molecule has 0 heterocycles. The molecule has 0 amide bonds. The minimum absolute atomic E-state index is 0.124. The van der Waals surface area contributed by atoms with Crippen molar-refractivity contribution in [2.75, 3.05) is 19.8 Å². The summed E-state index contributed by atoms with van der Waals surface area (Å²) >= 11 is 0. The lowest BCUT2D eigenvalue weighted by molar-refractivity contribution is -0.167. The molecule has 9 nitrogen and oxygen atoms in total. The van der Waals surface area contributed by atoms with Crippen LogP contribution >= 0.6 is 0 Å². The first kappa shape index (κ1) is 51.2. The molecule has 0 bridgehead atoms. The van der Waals surface area contributed by atoms with Crippen LogP contribution in [0, 0.1) is 0 Å². The summed E-state index contributed by atoms with van der Waals surface area (Å²) in [5.74, 6) is -1.07. The molecule has 0 radical (unpaired) electrons. The Labute approximate surface area is 330 Å². The minimum atomic E-state index is -0.826. The van der Waals surface area contributed by atoms with Gasteiger partial charge in [-0.2, -0.15) is 0 Å². The summed E-state index contributed by atoms with van der Waals surface area (Å²) in [4.78, 5) is 40.1. The van der Waals surface area contributed by atoms with Crippen molar-refractivity contribution in [1.29, 1.82) is 0 Å². The number of azide groups is 1. The third-order valence-electron chi connectivity index (χ3n) is 9.65. The second-order valence-electron chi connectivity index (χ2n) is 14.9. The highest BCUT2D eigenvalue weighted by atomic mass is 16.6. The quantitative estimate of drug-likeness (QED) is 0.0116. The van der Waals surface area contributed by atoms with Crippen LogP contribution < -0.4 is 0 Å². The van der Waals surface area contributed by atoms with Crippen molar-refractivity contribution in [2.45, 2.75) is 225 Å². The Kier molecular flexibility index (Phi) is 40.7. The first-order valence-corrected chi connectivity index (χ1v) is 22.3. The highest BCUT2D eigenvalue weighted by Crippen LogP contribution is 2.13. The van der Waals surface area contributed by atoms with Crippen molar-refractivity contribution in [1.82, 2.24) is 0 Å². The molecule has 0 N–H and O–H groups in total. The summed E-state index contributed by atoms with van der Waals surface area (Å²) in [6.45, 7) is 4.64. The molecule has 0 aromatic heterocycles. The van der Waals surface area contributed by atoms with Crippen molar-refractivity contribution in [2.24, 2.45) is 5.11 Å². The van der Waals surface area contributed by atoms with Gasteiger partial charge in [0.2, 0.25) is 0 Å². The van der Waals surface area contributed by atoms with Crippen molar-refractivity contribution >= 4 is 17.9 Å². The molecule has 0 aromatic carbocycles. The fraction of sp³-hybridized carbons (Fsp3) is 0.844. The van der Waals surface area contributed by atoms with Crippen LogP contribution in [0.2, 0.25) is 0 Å². The number of ether oxygens (including phenoxy) is 3. The maximum absolute atomic E-state index is 12.7. The lowest BCUT2D eigenvalue weighted by Crippen LogP contribution is -2.30. The maximum Gasteiger partial charge on any atom is 0.306 e. The third kappa shape index (κ3) is 40.4. The van der Waals surface area contributed by atoms with Crippen LogP contribution in [0.5, 0.6) is 0 Å². The SMILES string of the molecule is CCCCCCCC/C=C\CCCCCCCC(=O)OCC(COC(=O)CCCCCN=[N+]=[N-])OC(=O)CCCCCCC/C=C\CCCCCCCC. The summed E-state index contributed by atoms with van der Waals surface area (Å²) in [7, 11) is 0. The second kappa shape index (κ2) is 42.9. The number of carbonyl (C=O) groups is 3. The molecule has 1 unspecified atom stereocenters. The first-order valence-electron chi connectivity index (χ1n) is 22.3. The fourth-order valence-electron chi connectivity index (χ4n) is 6.23. The van der Waals surface area contributed by atoms with E-state index in [0.717, 1.165) is 70.6 Å². The number of hydrogen-bond acceptors (Lipinski definition) is 7. The molecule has 54 heavy (non-hydrogen) atoms. The van der Waals surface area contributed by atoms with E-state index in [0.29, 0.717) is 25.8 Å². The second-order valence-corrected chi connectivity index (χ2v) is 14.9. The van der Waals surface area contributed by atoms with E-state index in [1.165, 1.54) is 103 Å². The first-order chi connectivity index (χ1) is 26.5. The van der Waals surface area contributed by atoms with Gasteiger partial charge >= 0.3 is 17.9 Å². The molecule has 0 fully saturated rings. The standard InChI is InChI=1S/C45H81N3O6/c1-3-5-7-9-11-13-15-17-19-21-23-25-27-29-32-36-43(49)52-40-42(41-53-44(50)37-34-31-35-39-47-48-46)54-45(51)38-33-30-28-26-24-22-20-18-16-14-12-10-8-6-4-2/h17-20,42H,3-16,21-41H2,1-2H3/b19-17-,20-18-. The molecule has 312 valence electrons. The number of rotatable bonds is 41. The fourth-order valence-corrected chi connectivity index (χ4v) is 6.23. The van der Waals surface area contributed by atoms with E-state index in [-0.39, 0.29) is 38.0 Å². The Morgan fingerprint density at radius 3 is 1.20 bits per heavy atom. The molecule has 0 saturated carbocycles. The number of nitrogens with zero attached hydrogens (tertiary/aromatic N) is 3. The topological polar surface area (TPSA) is 128 Å². The van der Waals surface area contributed by atoms with Crippen molar-refractivity contribution in [3.8, 4) is 0 Å². The van der Waals surface area contributed by atoms with E-state index in [2.05, 4.69) is 48.2 Å². The van der Waals surface area contributed by atoms with Crippen LogP contribution in [-0.2, 0) is 28.6 Å². The monoisotopic (exact) mass is 760 g/mol. The van der Waals surface area contributed by atoms with Gasteiger partial charge in [-0.3, -0.25) is 14.4 Å². The van der Waals surface area contributed by atoms with E-state index >= 15 is 0 Å². The van der Waals surface area contributed by atoms with Crippen LogP contribution in [0.3, 0.4) is 0 Å². The van der Waals surface area contributed by atoms with Gasteiger partial charge in [-0.1, -0.05) is 152 Å². The molecule has 0 aliphatic carbocycles. The molecule has 1 atom stereocenters. The Bertz CT molecular complexity index is 978. The van der Waals surface area contributed by atoms with E-state index in [1.807, 2.05) is 0 Å². The summed E-state index contributed by atoms with van der Waals surface area (Å²) in [6.07, 6.45) is 42.3. The average molecular weight is 760 g/mol. The van der Waals surface area contributed by atoms with E-state index < -0.39 is 12.1 Å². The summed E-state index contributed by atoms with van der Waals surface area (Å²) in [5.41, 5.74) is 8.37. The lowest BCUT2D eigenvalue weighted by atomic mass is 10.1. The minimum Gasteiger partial charge on any atom is -0.462 e. The van der Waals surface area contributed by atoms with Gasteiger partial charge < -0.3 is 14.2 Å². The van der Waals surface area contributed by atoms with Gasteiger partial charge in [0.05, 0.1) is 0 Å². The maximum atomic E-state index is 12.7. The summed E-state index contributed by atoms with van der Waals surface area (Å²) in [6, 6.07) is 0. The Balaban J connectivity index is 4.28. The highest BCUT2D eigenvalue weighted by Gasteiger charge is 2.19. The van der Waals surface area contributed by atoms with Crippen LogP contribution in [0.15, 0.2) is 29.4 Å². The average Bonchev–Trinajstić information content (AvgIpc) is 3.17. The summed E-state index contributed by atoms with van der Waals surface area (Å²) < 4.78 is 16.5. The molecule has 0 rings (SSSR count). The number of hydrogen-bond donors (Lipinski definition) is 0. The zero-order chi connectivity index (χ0) is 39.4. The molecular weight excluding hydrogens is 679 g/mol. The normalized spacial score (nSPS) is 11.9. The number of carbonyl (C=O) groups excluding carboxylic acids is 3. The van der Waals surface area contributed by atoms with E-state index in [9.17, 15) is 14.4 Å². The third-order valence-corrected chi connectivity index (χ3v) is 9.65. The van der Waals surface area contributed by atoms with Gasteiger partial charge in [-0.15, -0.1) is 0 Å². The molecule has 0 aromatic rings. The predicted molar refractivity (Wildman–Crippen MR) is 223 cm³/mol. The van der Waals surface area contributed by atoms with E-state index in [1.54, 1.807) is 0 Å². The Morgan fingerprint density at radius 1 is 0.481 bits per heavy atom. The predicted octanol–water partition coefficient (Wildman–Crippen LogP) is 13.9. The van der Waals surface area contributed by atoms with Crippen LogP contribution in [0.1, 0.15) is 219 Å². The highest BCUT2D eigenvalue weighted by molar-refractivity contribution is 5.71. The smallest absolute Gasteiger partial charge is 0.306 e. The Morgan fingerprint density at radius 2 is 0.815 bits per heavy atom. The molecule has 0 saturated heterocycles. The number of allylic oxidation sites excluding steroid dienone is 4. The van der Waals surface area contributed by atoms with E-state index in [4.69, 9.17) is 19.7 Å². The van der Waals surface area contributed by atoms with Crippen LogP contribution in [0.4, 0.5) is 0 Å².